The van der Waals surface area contributed by atoms with Gasteiger partial charge in [-0.3, -0.25) is 29.5 Å². The monoisotopic (exact) mass is 751 g/mol. The number of amides is 4. The first kappa shape index (κ1) is 34.7. The average molecular weight is 753 g/mol. The number of nitrogens with one attached hydrogen (secondary N) is 1. The Balaban J connectivity index is 1.33. The number of allylic oxidation sites excluding steroid dienone is 2. The molecule has 0 bridgehead atoms. The quantitative estimate of drug-likeness (QED) is 0.147. The molecule has 2 saturated heterocycles. The van der Waals surface area contributed by atoms with Crippen molar-refractivity contribution in [3.63, 3.8) is 0 Å². The van der Waals surface area contributed by atoms with Crippen LogP contribution < -0.4 is 14.9 Å². The van der Waals surface area contributed by atoms with Crippen LogP contribution in [0.4, 0.5) is 5.69 Å². The number of phenolic OH excluding ortho intramolecular Hbond substituents is 1. The van der Waals surface area contributed by atoms with Gasteiger partial charge in [-0.15, -0.1) is 0 Å². The van der Waals surface area contributed by atoms with Gasteiger partial charge in [-0.1, -0.05) is 89.4 Å². The number of hydrazine groups is 1. The normalized spacial score (nSPS) is 26.2. The molecular weight excluding hydrogens is 717 g/mol. The van der Waals surface area contributed by atoms with Crippen molar-refractivity contribution in [2.75, 3.05) is 19.6 Å². The van der Waals surface area contributed by atoms with Gasteiger partial charge in [0.2, 0.25) is 11.8 Å². The number of imide groups is 2. The summed E-state index contributed by atoms with van der Waals surface area (Å²) in [6.07, 6.45) is 2.29. The molecule has 0 radical (unpaired) electrons. The van der Waals surface area contributed by atoms with Gasteiger partial charge in [-0.05, 0) is 66.3 Å². The Labute approximate surface area is 315 Å². The Bertz CT molecular complexity index is 2190. The lowest BCUT2D eigenvalue weighted by Gasteiger charge is -2.50. The first-order valence-electron chi connectivity index (χ1n) is 17.3. The van der Waals surface area contributed by atoms with Crippen molar-refractivity contribution < 1.29 is 33.8 Å². The summed E-state index contributed by atoms with van der Waals surface area (Å²) in [6, 6.07) is 26.0. The van der Waals surface area contributed by atoms with Gasteiger partial charge in [0, 0.05) is 16.5 Å². The van der Waals surface area contributed by atoms with Gasteiger partial charge in [0.25, 0.3) is 11.8 Å². The fourth-order valence-electron chi connectivity index (χ4n) is 9.11. The number of carbonyl (C=O) groups excluding carboxylic acids is 4. The zero-order valence-electron chi connectivity index (χ0n) is 28.8. The van der Waals surface area contributed by atoms with Gasteiger partial charge < -0.3 is 14.6 Å². The number of phenols is 1. The van der Waals surface area contributed by atoms with Gasteiger partial charge in [-0.25, -0.2) is 0 Å². The lowest BCUT2D eigenvalue weighted by molar-refractivity contribution is -0.142. The molecule has 12 heteroatoms. The number of rotatable bonds is 8. The summed E-state index contributed by atoms with van der Waals surface area (Å²) in [7, 11) is 2.97. The highest BCUT2D eigenvalue weighted by Crippen LogP contribution is 2.65. The van der Waals surface area contributed by atoms with Crippen LogP contribution in [0.1, 0.15) is 35.4 Å². The van der Waals surface area contributed by atoms with Crippen molar-refractivity contribution in [3.8, 4) is 17.2 Å². The molecule has 2 heterocycles. The van der Waals surface area contributed by atoms with E-state index in [2.05, 4.69) is 5.43 Å². The summed E-state index contributed by atoms with van der Waals surface area (Å²) < 4.78 is 11.0. The maximum Gasteiger partial charge on any atom is 0.260 e. The van der Waals surface area contributed by atoms with Crippen LogP contribution in [0.5, 0.6) is 17.2 Å². The van der Waals surface area contributed by atoms with E-state index in [0.29, 0.717) is 27.5 Å². The van der Waals surface area contributed by atoms with E-state index < -0.39 is 46.8 Å². The smallest absolute Gasteiger partial charge is 0.260 e. The highest BCUT2D eigenvalue weighted by molar-refractivity contribution is 6.36. The summed E-state index contributed by atoms with van der Waals surface area (Å²) in [4.78, 5) is 60.1. The molecule has 4 amide bonds. The van der Waals surface area contributed by atoms with E-state index in [9.17, 15) is 19.5 Å². The number of halogens is 2. The lowest BCUT2D eigenvalue weighted by Crippen LogP contribution is -2.53. The number of fused-ring (bicyclic) bond motifs is 4. The topological polar surface area (TPSA) is 125 Å². The molecule has 0 aromatic heterocycles. The molecule has 6 atom stereocenters. The number of hydrogen-bond donors (Lipinski definition) is 2. The molecule has 2 aliphatic heterocycles. The molecule has 1 saturated carbocycles. The number of benzene rings is 4. The van der Waals surface area contributed by atoms with Crippen molar-refractivity contribution >= 4 is 52.5 Å². The van der Waals surface area contributed by atoms with E-state index in [0.717, 1.165) is 10.6 Å². The van der Waals surface area contributed by atoms with Gasteiger partial charge in [-0.2, -0.15) is 5.01 Å². The second kappa shape index (κ2) is 13.3. The number of ether oxygens (including phenoxy) is 2. The SMILES string of the molecule is COc1ccc([C@@]23C(=O)N(Nc4ccc(Cl)cc4Cl)C(=O)[C@@H]2C[C@@H]2C(=CC[C@@H]4C(=O)N(Cc5ccccc5)C(=O)[C@@H]42)[C@@H]3c2cccc(OC)c2O)cc1. The van der Waals surface area contributed by atoms with Crippen molar-refractivity contribution in [1.29, 1.82) is 0 Å². The highest BCUT2D eigenvalue weighted by atomic mass is 35.5. The molecule has 53 heavy (non-hydrogen) atoms. The Morgan fingerprint density at radius 2 is 1.60 bits per heavy atom. The molecule has 2 N–H and O–H groups in total. The summed E-state index contributed by atoms with van der Waals surface area (Å²) in [6.45, 7) is 0.129. The second-order valence-electron chi connectivity index (χ2n) is 13.9. The number of nitrogens with zero attached hydrogens (tertiary/aromatic N) is 2. The largest absolute Gasteiger partial charge is 0.504 e. The fourth-order valence-corrected chi connectivity index (χ4v) is 9.56. The zero-order chi connectivity index (χ0) is 37.2. The van der Waals surface area contributed by atoms with E-state index in [1.807, 2.05) is 36.4 Å². The number of methoxy groups -OCH3 is 2. The van der Waals surface area contributed by atoms with Crippen molar-refractivity contribution in [2.45, 2.75) is 30.7 Å². The van der Waals surface area contributed by atoms with Crippen LogP contribution in [0, 0.1) is 23.7 Å². The maximum absolute atomic E-state index is 15.4. The average Bonchev–Trinajstić information content (AvgIpc) is 3.53. The minimum absolute atomic E-state index is 0.0928. The van der Waals surface area contributed by atoms with Gasteiger partial charge in [0.1, 0.15) is 5.75 Å². The Hall–Kier alpha value is -5.32. The summed E-state index contributed by atoms with van der Waals surface area (Å²) in [5.74, 6) is -5.16. The van der Waals surface area contributed by atoms with Crippen LogP contribution >= 0.6 is 23.2 Å². The van der Waals surface area contributed by atoms with E-state index in [-0.39, 0.29) is 53.4 Å². The lowest BCUT2D eigenvalue weighted by atomic mass is 9.49. The molecule has 3 fully saturated rings. The molecule has 2 aliphatic carbocycles. The second-order valence-corrected chi connectivity index (χ2v) is 14.7. The van der Waals surface area contributed by atoms with Crippen LogP contribution in [0.3, 0.4) is 0 Å². The van der Waals surface area contributed by atoms with Gasteiger partial charge in [0.15, 0.2) is 11.5 Å². The number of likely N-dealkylation sites (tertiary alicyclic amines) is 1. The van der Waals surface area contributed by atoms with Gasteiger partial charge in [0.05, 0.1) is 54.6 Å². The fraction of sp³-hybridized carbons (Fsp3) is 0.268. The third-order valence-electron chi connectivity index (χ3n) is 11.4. The van der Waals surface area contributed by atoms with Crippen LogP contribution in [0.15, 0.2) is 103 Å². The molecule has 8 rings (SSSR count). The van der Waals surface area contributed by atoms with E-state index >= 15 is 4.79 Å². The number of carbonyl (C=O) groups is 4. The zero-order valence-corrected chi connectivity index (χ0v) is 30.3. The molecule has 4 aliphatic rings. The predicted octanol–water partition coefficient (Wildman–Crippen LogP) is 6.90. The van der Waals surface area contributed by atoms with E-state index in [1.165, 1.54) is 25.2 Å². The Morgan fingerprint density at radius 1 is 0.849 bits per heavy atom. The molecule has 0 spiro atoms. The first-order valence-corrected chi connectivity index (χ1v) is 18.0. The predicted molar refractivity (Wildman–Crippen MR) is 197 cm³/mol. The van der Waals surface area contributed by atoms with E-state index in [4.69, 9.17) is 32.7 Å². The van der Waals surface area contributed by atoms with E-state index in [1.54, 1.807) is 54.6 Å². The third-order valence-corrected chi connectivity index (χ3v) is 12.0. The molecule has 4 aromatic carbocycles. The molecule has 0 unspecified atom stereocenters. The molecular formula is C41H35Cl2N3O7. The van der Waals surface area contributed by atoms with Crippen LogP contribution in [-0.4, -0.2) is 52.9 Å². The minimum Gasteiger partial charge on any atom is -0.504 e. The Kier molecular flexibility index (Phi) is 8.70. The molecule has 270 valence electrons. The maximum atomic E-state index is 15.4. The van der Waals surface area contributed by atoms with Crippen LogP contribution in [0.2, 0.25) is 10.0 Å². The number of hydrogen-bond acceptors (Lipinski definition) is 8. The van der Waals surface area contributed by atoms with Gasteiger partial charge >= 0.3 is 0 Å². The van der Waals surface area contributed by atoms with Crippen LogP contribution in [-0.2, 0) is 31.1 Å². The van der Waals surface area contributed by atoms with Crippen molar-refractivity contribution in [3.05, 3.63) is 129 Å². The van der Waals surface area contributed by atoms with Crippen LogP contribution in [0.25, 0.3) is 0 Å². The van der Waals surface area contributed by atoms with Crippen molar-refractivity contribution in [2.24, 2.45) is 23.7 Å². The first-order chi connectivity index (χ1) is 25.6. The molecule has 10 nitrogen and oxygen atoms in total. The summed E-state index contributed by atoms with van der Waals surface area (Å²) in [5.41, 5.74) is 4.04. The number of aromatic hydroxyl groups is 1. The summed E-state index contributed by atoms with van der Waals surface area (Å²) >= 11 is 12.7. The molecule has 4 aromatic rings. The Morgan fingerprint density at radius 3 is 2.30 bits per heavy atom. The number of anilines is 1. The number of para-hydroxylation sites is 1. The minimum atomic E-state index is -1.62. The standard InChI is InChI=1S/C41H35Cl2N3O7/c1-52-25-14-11-23(12-15-25)41-30(38(49)46(40(41)51)44-32-18-13-24(42)19-31(32)43)20-29-26(35(41)28-9-6-10-33(53-2)36(28)47)16-17-27-34(29)39(50)45(37(27)48)21-22-7-4-3-5-8-22/h3-16,18-19,27,29-30,34-35,44,47H,17,20-21H2,1-2H3/t27-,29+,30-,34-,35+,41+/m0/s1. The summed E-state index contributed by atoms with van der Waals surface area (Å²) in [5, 5.41) is 13.4. The van der Waals surface area contributed by atoms with Crippen molar-refractivity contribution in [1.82, 2.24) is 9.91 Å². The highest BCUT2D eigenvalue weighted by Gasteiger charge is 2.70. The third kappa shape index (κ3) is 5.29.